The number of aromatic nitrogens is 1. The molecule has 0 unspecified atom stereocenters. The van der Waals surface area contributed by atoms with Gasteiger partial charge in [0.25, 0.3) is 0 Å². The van der Waals surface area contributed by atoms with Crippen molar-refractivity contribution in [1.82, 2.24) is 15.6 Å². The van der Waals surface area contributed by atoms with Crippen LogP contribution in [0, 0.1) is 0 Å². The van der Waals surface area contributed by atoms with E-state index in [-0.39, 0.29) is 30.1 Å². The summed E-state index contributed by atoms with van der Waals surface area (Å²) in [7, 11) is 3.43. The Morgan fingerprint density at radius 2 is 2.00 bits per heavy atom. The van der Waals surface area contributed by atoms with Gasteiger partial charge in [0.05, 0.1) is 26.0 Å². The molecule has 0 bridgehead atoms. The molecular formula is C22H31IN4O3. The number of hydrogen-bond donors (Lipinski definition) is 2. The van der Waals surface area contributed by atoms with Crippen LogP contribution in [0.15, 0.2) is 47.7 Å². The van der Waals surface area contributed by atoms with Gasteiger partial charge in [-0.25, -0.2) is 0 Å². The second kappa shape index (κ2) is 13.1. The summed E-state index contributed by atoms with van der Waals surface area (Å²) >= 11 is 0. The molecular weight excluding hydrogens is 495 g/mol. The molecule has 1 aromatic heterocycles. The Morgan fingerprint density at radius 1 is 1.17 bits per heavy atom. The third kappa shape index (κ3) is 7.23. The summed E-state index contributed by atoms with van der Waals surface area (Å²) in [6.07, 6.45) is 8.35. The summed E-state index contributed by atoms with van der Waals surface area (Å²) in [4.78, 5) is 8.31. The van der Waals surface area contributed by atoms with Crippen LogP contribution in [0.25, 0.3) is 0 Å². The number of rotatable bonds is 9. The molecule has 0 radical (unpaired) electrons. The maximum Gasteiger partial charge on any atom is 0.191 e. The number of nitrogens with zero attached hydrogens (tertiary/aromatic N) is 2. The maximum absolute atomic E-state index is 6.29. The number of nitrogens with one attached hydrogen (secondary N) is 2. The summed E-state index contributed by atoms with van der Waals surface area (Å²) in [6.45, 7) is 1.72. The van der Waals surface area contributed by atoms with Crippen molar-refractivity contribution in [3.05, 3.63) is 48.3 Å². The van der Waals surface area contributed by atoms with Crippen LogP contribution in [0.2, 0.25) is 0 Å². The van der Waals surface area contributed by atoms with Crippen LogP contribution in [-0.2, 0) is 6.54 Å². The van der Waals surface area contributed by atoms with Crippen molar-refractivity contribution in [3.8, 4) is 17.2 Å². The van der Waals surface area contributed by atoms with Crippen molar-refractivity contribution in [2.75, 3.05) is 27.3 Å². The molecule has 1 heterocycles. The molecule has 1 aliphatic carbocycles. The fraction of sp³-hybridized carbons (Fsp3) is 0.455. The number of aliphatic imine (C=N–C) groups is 1. The van der Waals surface area contributed by atoms with E-state index in [9.17, 15) is 0 Å². The highest BCUT2D eigenvalue weighted by Gasteiger charge is 2.20. The van der Waals surface area contributed by atoms with Crippen molar-refractivity contribution in [2.24, 2.45) is 4.99 Å². The molecule has 1 aromatic carbocycles. The third-order valence-corrected chi connectivity index (χ3v) is 4.83. The van der Waals surface area contributed by atoms with Crippen LogP contribution < -0.4 is 24.8 Å². The van der Waals surface area contributed by atoms with Crippen LogP contribution in [0.5, 0.6) is 17.2 Å². The number of para-hydroxylation sites is 1. The molecule has 3 rings (SSSR count). The molecule has 1 fully saturated rings. The highest BCUT2D eigenvalue weighted by Crippen LogP contribution is 2.34. The number of pyridine rings is 1. The second-order valence-electron chi connectivity index (χ2n) is 6.86. The third-order valence-electron chi connectivity index (χ3n) is 4.83. The number of guanidine groups is 1. The van der Waals surface area contributed by atoms with E-state index in [0.29, 0.717) is 25.7 Å². The summed E-state index contributed by atoms with van der Waals surface area (Å²) < 4.78 is 17.5. The van der Waals surface area contributed by atoms with E-state index in [2.05, 4.69) is 26.7 Å². The lowest BCUT2D eigenvalue weighted by Gasteiger charge is -2.20. The molecule has 8 heteroatoms. The van der Waals surface area contributed by atoms with Gasteiger partial charge >= 0.3 is 0 Å². The lowest BCUT2D eigenvalue weighted by atomic mass is 10.1. The van der Waals surface area contributed by atoms with Gasteiger partial charge in [0, 0.05) is 25.4 Å². The Hall–Kier alpha value is -2.23. The standard InChI is InChI=1S/C22H30N4O3.HI/c1-23-22(25-13-14-28-19-10-6-12-24-16-19)26-15-17-7-5-11-20(27-2)21(17)29-18-8-3-4-9-18;/h5-7,10-12,16,18H,3-4,8-9,13-15H2,1-2H3,(H2,23,25,26);1H. The molecule has 0 atom stereocenters. The van der Waals surface area contributed by atoms with E-state index in [0.717, 1.165) is 35.7 Å². The highest BCUT2D eigenvalue weighted by molar-refractivity contribution is 14.0. The van der Waals surface area contributed by atoms with Crippen LogP contribution in [0.3, 0.4) is 0 Å². The molecule has 7 nitrogen and oxygen atoms in total. The van der Waals surface area contributed by atoms with Crippen LogP contribution >= 0.6 is 24.0 Å². The average Bonchev–Trinajstić information content (AvgIpc) is 3.28. The summed E-state index contributed by atoms with van der Waals surface area (Å²) in [5.41, 5.74) is 1.05. The number of ether oxygens (including phenoxy) is 3. The van der Waals surface area contributed by atoms with Crippen LogP contribution in [-0.4, -0.2) is 44.4 Å². The summed E-state index contributed by atoms with van der Waals surface area (Å²) in [5, 5.41) is 6.59. The van der Waals surface area contributed by atoms with E-state index in [1.54, 1.807) is 26.6 Å². The van der Waals surface area contributed by atoms with Crippen molar-refractivity contribution in [2.45, 2.75) is 38.3 Å². The predicted octanol–water partition coefficient (Wildman–Crippen LogP) is 3.77. The Labute approximate surface area is 195 Å². The number of benzene rings is 1. The normalized spacial score (nSPS) is 14.0. The molecule has 0 aliphatic heterocycles. The van der Waals surface area contributed by atoms with E-state index < -0.39 is 0 Å². The first-order valence-corrected chi connectivity index (χ1v) is 10.1. The van der Waals surface area contributed by atoms with E-state index >= 15 is 0 Å². The van der Waals surface area contributed by atoms with Crippen LogP contribution in [0.1, 0.15) is 31.2 Å². The number of halogens is 1. The molecule has 0 amide bonds. The van der Waals surface area contributed by atoms with Gasteiger partial charge in [0.2, 0.25) is 0 Å². The largest absolute Gasteiger partial charge is 0.493 e. The van der Waals surface area contributed by atoms with Gasteiger partial charge in [-0.3, -0.25) is 9.98 Å². The fourth-order valence-electron chi connectivity index (χ4n) is 3.34. The number of methoxy groups -OCH3 is 1. The Kier molecular flexibility index (Phi) is 10.5. The quantitative estimate of drug-likeness (QED) is 0.224. The fourth-order valence-corrected chi connectivity index (χ4v) is 3.34. The van der Waals surface area contributed by atoms with E-state index in [1.165, 1.54) is 12.8 Å². The van der Waals surface area contributed by atoms with Gasteiger partial charge in [0.1, 0.15) is 12.4 Å². The first kappa shape index (κ1) is 24.0. The lowest BCUT2D eigenvalue weighted by Crippen LogP contribution is -2.39. The van der Waals surface area contributed by atoms with Crippen molar-refractivity contribution >= 4 is 29.9 Å². The van der Waals surface area contributed by atoms with Gasteiger partial charge in [-0.05, 0) is 43.9 Å². The highest BCUT2D eigenvalue weighted by atomic mass is 127. The minimum atomic E-state index is 0. The zero-order valence-electron chi connectivity index (χ0n) is 17.6. The van der Waals surface area contributed by atoms with Gasteiger partial charge in [-0.15, -0.1) is 24.0 Å². The molecule has 2 N–H and O–H groups in total. The van der Waals surface area contributed by atoms with Crippen LogP contribution in [0.4, 0.5) is 0 Å². The SMILES string of the molecule is CN=C(NCCOc1cccnc1)NCc1cccc(OC)c1OC1CCCC1.I. The maximum atomic E-state index is 6.29. The van der Waals surface area contributed by atoms with Crippen molar-refractivity contribution in [1.29, 1.82) is 0 Å². The Bertz CT molecular complexity index is 783. The molecule has 164 valence electrons. The zero-order valence-corrected chi connectivity index (χ0v) is 19.9. The van der Waals surface area contributed by atoms with Crippen molar-refractivity contribution in [3.63, 3.8) is 0 Å². The molecule has 0 spiro atoms. The first-order chi connectivity index (χ1) is 14.3. The smallest absolute Gasteiger partial charge is 0.191 e. The van der Waals surface area contributed by atoms with Gasteiger partial charge in [0.15, 0.2) is 17.5 Å². The second-order valence-corrected chi connectivity index (χ2v) is 6.86. The van der Waals surface area contributed by atoms with E-state index in [1.807, 2.05) is 24.3 Å². The average molecular weight is 526 g/mol. The Balaban J connectivity index is 0.00000320. The monoisotopic (exact) mass is 526 g/mol. The Morgan fingerprint density at radius 3 is 2.70 bits per heavy atom. The van der Waals surface area contributed by atoms with E-state index in [4.69, 9.17) is 14.2 Å². The molecule has 0 saturated heterocycles. The minimum absolute atomic E-state index is 0. The first-order valence-electron chi connectivity index (χ1n) is 10.1. The molecule has 30 heavy (non-hydrogen) atoms. The predicted molar refractivity (Wildman–Crippen MR) is 129 cm³/mol. The topological polar surface area (TPSA) is 77.0 Å². The summed E-state index contributed by atoms with van der Waals surface area (Å²) in [5.74, 6) is 3.05. The van der Waals surface area contributed by atoms with Gasteiger partial charge in [-0.2, -0.15) is 0 Å². The van der Waals surface area contributed by atoms with Crippen molar-refractivity contribution < 1.29 is 14.2 Å². The van der Waals surface area contributed by atoms with Gasteiger partial charge in [-0.1, -0.05) is 12.1 Å². The van der Waals surface area contributed by atoms with Gasteiger partial charge < -0.3 is 24.8 Å². The summed E-state index contributed by atoms with van der Waals surface area (Å²) in [6, 6.07) is 9.71. The zero-order chi connectivity index (χ0) is 20.3. The molecule has 1 aliphatic rings. The molecule has 1 saturated carbocycles. The number of hydrogen-bond acceptors (Lipinski definition) is 5. The minimum Gasteiger partial charge on any atom is -0.493 e. The lowest BCUT2D eigenvalue weighted by molar-refractivity contribution is 0.198. The molecule has 2 aromatic rings.